The van der Waals surface area contributed by atoms with Crippen molar-refractivity contribution in [1.29, 1.82) is 0 Å². The summed E-state index contributed by atoms with van der Waals surface area (Å²) < 4.78 is 6.80. The summed E-state index contributed by atoms with van der Waals surface area (Å²) in [5.74, 6) is -0.610. The average Bonchev–Trinajstić information content (AvgIpc) is 3.36. The molecule has 8 nitrogen and oxygen atoms in total. The molecule has 0 aliphatic rings. The van der Waals surface area contributed by atoms with Crippen LogP contribution >= 0.6 is 23.2 Å². The van der Waals surface area contributed by atoms with Crippen LogP contribution in [0.4, 0.5) is 0 Å². The zero-order chi connectivity index (χ0) is 27.1. The molecule has 2 aromatic heterocycles. The third-order valence-corrected chi connectivity index (χ3v) is 6.64. The maximum absolute atomic E-state index is 11.1. The third kappa shape index (κ3) is 7.89. The average molecular weight is 545 g/mol. The van der Waals surface area contributed by atoms with Crippen molar-refractivity contribution in [2.24, 2.45) is 5.41 Å². The van der Waals surface area contributed by atoms with Gasteiger partial charge in [0.25, 0.3) is 0 Å². The van der Waals surface area contributed by atoms with Crippen molar-refractivity contribution >= 4 is 40.1 Å². The Labute approximate surface area is 225 Å². The fourth-order valence-electron chi connectivity index (χ4n) is 3.64. The van der Waals surface area contributed by atoms with Crippen LogP contribution in [0.15, 0.2) is 67.4 Å². The summed E-state index contributed by atoms with van der Waals surface area (Å²) in [7, 11) is 0. The number of rotatable bonds is 8. The van der Waals surface area contributed by atoms with E-state index in [9.17, 15) is 9.90 Å². The molecule has 4 rings (SSSR count). The first-order valence-electron chi connectivity index (χ1n) is 11.7. The summed E-state index contributed by atoms with van der Waals surface area (Å²) in [5.41, 5.74) is 0.614. The van der Waals surface area contributed by atoms with Crippen molar-refractivity contribution in [1.82, 2.24) is 19.7 Å². The highest BCUT2D eigenvalue weighted by atomic mass is 35.5. The van der Waals surface area contributed by atoms with Crippen LogP contribution < -0.4 is 4.74 Å². The third-order valence-electron chi connectivity index (χ3n) is 6.06. The van der Waals surface area contributed by atoms with E-state index < -0.39 is 18.2 Å². The fraction of sp³-hybridized carbons (Fsp3) is 0.333. The Morgan fingerprint density at radius 2 is 1.81 bits per heavy atom. The molecule has 196 valence electrons. The number of hydrogen-bond donors (Lipinski definition) is 2. The number of ether oxygens (including phenoxy) is 1. The second-order valence-electron chi connectivity index (χ2n) is 9.63. The molecular weight excluding hydrogens is 515 g/mol. The lowest BCUT2D eigenvalue weighted by Crippen LogP contribution is -2.47. The monoisotopic (exact) mass is 544 g/mol. The van der Waals surface area contributed by atoms with E-state index in [1.54, 1.807) is 41.5 Å². The van der Waals surface area contributed by atoms with Crippen LogP contribution in [0.1, 0.15) is 32.8 Å². The molecule has 1 atom stereocenters. The minimum atomic E-state index is -1.03. The van der Waals surface area contributed by atoms with E-state index in [2.05, 4.69) is 15.1 Å². The van der Waals surface area contributed by atoms with Gasteiger partial charge in [-0.25, -0.2) is 9.78 Å². The molecule has 0 aliphatic heterocycles. The number of carbonyl (C=O) groups is 1. The molecule has 0 fully saturated rings. The summed E-state index contributed by atoms with van der Waals surface area (Å²) in [6, 6.07) is 14.6. The first kappa shape index (κ1) is 28.4. The molecule has 0 radical (unpaired) electrons. The van der Waals surface area contributed by atoms with Gasteiger partial charge in [0, 0.05) is 16.6 Å². The molecule has 10 heteroatoms. The van der Waals surface area contributed by atoms with Crippen LogP contribution in [0.25, 0.3) is 10.9 Å². The standard InChI is InChI=1S/C16H22ClN3O.C11H8ClNO3/c1-15(2,3)16(21,10-20-12-18-11-19-20)9-8-13-4-6-14(17)7-5-13;12-8-3-4-9(16-6-10(14)15)11-7(8)2-1-5-13-11/h4-7,11-12,21H,8-10H2,1-3H3;1-5H,6H2,(H,14,15). The number of halogens is 2. The van der Waals surface area contributed by atoms with Gasteiger partial charge in [-0.3, -0.25) is 9.67 Å². The number of aliphatic hydroxyl groups is 1. The Hall–Kier alpha value is -3.20. The van der Waals surface area contributed by atoms with Crippen molar-refractivity contribution in [3.63, 3.8) is 0 Å². The molecule has 0 spiro atoms. The van der Waals surface area contributed by atoms with E-state index in [1.165, 1.54) is 11.9 Å². The van der Waals surface area contributed by atoms with Crippen molar-refractivity contribution in [3.05, 3.63) is 83.0 Å². The smallest absolute Gasteiger partial charge is 0.341 e. The fourth-order valence-corrected chi connectivity index (χ4v) is 3.99. The van der Waals surface area contributed by atoms with Gasteiger partial charge in [0.2, 0.25) is 0 Å². The summed E-state index contributed by atoms with van der Waals surface area (Å²) in [4.78, 5) is 18.5. The second-order valence-corrected chi connectivity index (χ2v) is 10.5. The molecule has 0 amide bonds. The maximum atomic E-state index is 11.1. The quantitative estimate of drug-likeness (QED) is 0.293. The van der Waals surface area contributed by atoms with Gasteiger partial charge in [0.15, 0.2) is 6.61 Å². The van der Waals surface area contributed by atoms with Gasteiger partial charge in [-0.05, 0) is 60.2 Å². The normalized spacial score (nSPS) is 12.9. The lowest BCUT2D eigenvalue weighted by atomic mass is 9.73. The lowest BCUT2D eigenvalue weighted by molar-refractivity contribution is -0.139. The molecule has 37 heavy (non-hydrogen) atoms. The van der Waals surface area contributed by atoms with E-state index in [0.29, 0.717) is 29.3 Å². The molecule has 2 aromatic carbocycles. The number of nitrogens with zero attached hydrogens (tertiary/aromatic N) is 4. The summed E-state index contributed by atoms with van der Waals surface area (Å²) >= 11 is 11.9. The Balaban J connectivity index is 0.000000213. The molecular formula is C27H30Cl2N4O4. The Morgan fingerprint density at radius 3 is 2.43 bits per heavy atom. The van der Waals surface area contributed by atoms with Gasteiger partial charge in [0.1, 0.15) is 23.9 Å². The Bertz CT molecular complexity index is 1310. The van der Waals surface area contributed by atoms with E-state index in [-0.39, 0.29) is 5.41 Å². The summed E-state index contributed by atoms with van der Waals surface area (Å²) in [6.45, 7) is 6.18. The lowest BCUT2D eigenvalue weighted by Gasteiger charge is -2.40. The van der Waals surface area contributed by atoms with E-state index >= 15 is 0 Å². The maximum Gasteiger partial charge on any atom is 0.341 e. The van der Waals surface area contributed by atoms with Crippen LogP contribution in [-0.2, 0) is 17.8 Å². The number of pyridine rings is 1. The summed E-state index contributed by atoms with van der Waals surface area (Å²) in [6.07, 6.45) is 6.17. The van der Waals surface area contributed by atoms with Crippen LogP contribution in [0, 0.1) is 5.41 Å². The van der Waals surface area contributed by atoms with Crippen LogP contribution in [0.2, 0.25) is 10.0 Å². The van der Waals surface area contributed by atoms with E-state index in [0.717, 1.165) is 16.8 Å². The van der Waals surface area contributed by atoms with Crippen molar-refractivity contribution < 1.29 is 19.7 Å². The number of carboxylic acids is 1. The first-order valence-corrected chi connectivity index (χ1v) is 12.4. The number of hydrogen-bond acceptors (Lipinski definition) is 6. The van der Waals surface area contributed by atoms with Gasteiger partial charge < -0.3 is 14.9 Å². The highest BCUT2D eigenvalue weighted by molar-refractivity contribution is 6.35. The number of aliphatic carboxylic acids is 1. The zero-order valence-corrected chi connectivity index (χ0v) is 22.4. The Morgan fingerprint density at radius 1 is 1.08 bits per heavy atom. The zero-order valence-electron chi connectivity index (χ0n) is 20.9. The topological polar surface area (TPSA) is 110 Å². The second kappa shape index (κ2) is 12.4. The van der Waals surface area contributed by atoms with Gasteiger partial charge >= 0.3 is 5.97 Å². The predicted octanol–water partition coefficient (Wildman–Crippen LogP) is 5.69. The molecule has 0 aliphatic carbocycles. The van der Waals surface area contributed by atoms with Gasteiger partial charge in [-0.2, -0.15) is 5.10 Å². The number of benzene rings is 2. The molecule has 2 N–H and O–H groups in total. The number of aryl methyl sites for hydroxylation is 1. The van der Waals surface area contributed by atoms with Crippen LogP contribution in [-0.4, -0.2) is 48.1 Å². The Kier molecular flexibility index (Phi) is 9.48. The molecule has 0 saturated heterocycles. The highest BCUT2D eigenvalue weighted by Gasteiger charge is 2.40. The van der Waals surface area contributed by atoms with Crippen molar-refractivity contribution in [2.45, 2.75) is 45.8 Å². The largest absolute Gasteiger partial charge is 0.480 e. The predicted molar refractivity (Wildman–Crippen MR) is 144 cm³/mol. The van der Waals surface area contributed by atoms with Crippen molar-refractivity contribution in [3.8, 4) is 5.75 Å². The number of aromatic nitrogens is 4. The SMILES string of the molecule is CC(C)(C)C(O)(CCc1ccc(Cl)cc1)Cn1cncn1.O=C(O)COc1ccc(Cl)c2cccnc12. The van der Waals surface area contributed by atoms with Crippen LogP contribution in [0.3, 0.4) is 0 Å². The molecule has 0 bridgehead atoms. The van der Waals surface area contributed by atoms with E-state index in [1.807, 2.05) is 45.0 Å². The molecule has 0 saturated carbocycles. The number of fused-ring (bicyclic) bond motifs is 1. The molecule has 4 aromatic rings. The minimum Gasteiger partial charge on any atom is -0.480 e. The highest BCUT2D eigenvalue weighted by Crippen LogP contribution is 2.35. The summed E-state index contributed by atoms with van der Waals surface area (Å²) in [5, 5.41) is 25.8. The molecule has 1 unspecified atom stereocenters. The van der Waals surface area contributed by atoms with Crippen molar-refractivity contribution in [2.75, 3.05) is 6.61 Å². The van der Waals surface area contributed by atoms with Crippen LogP contribution in [0.5, 0.6) is 5.75 Å². The molecule has 2 heterocycles. The van der Waals surface area contributed by atoms with Gasteiger partial charge in [0.05, 0.1) is 17.2 Å². The van der Waals surface area contributed by atoms with E-state index in [4.69, 9.17) is 33.0 Å². The first-order chi connectivity index (χ1) is 17.5. The van der Waals surface area contributed by atoms with Gasteiger partial charge in [-0.1, -0.05) is 56.1 Å². The minimum absolute atomic E-state index is 0.259. The number of carboxylic acid groups (broad SMARTS) is 1. The van der Waals surface area contributed by atoms with Gasteiger partial charge in [-0.15, -0.1) is 0 Å².